The predicted molar refractivity (Wildman–Crippen MR) is 139 cm³/mol. The predicted octanol–water partition coefficient (Wildman–Crippen LogP) is 3.35. The number of hydrogen-bond acceptors (Lipinski definition) is 4. The number of carbonyl (C=O) groups is 1. The molecule has 4 aromatic heterocycles. The Balaban J connectivity index is 1.23. The second-order valence-corrected chi connectivity index (χ2v) is 11.2. The monoisotopic (exact) mass is 460 g/mol. The molecular weight excluding hydrogens is 430 g/mol. The fourth-order valence-corrected chi connectivity index (χ4v) is 4.79. The van der Waals surface area contributed by atoms with E-state index in [0.29, 0.717) is 11.6 Å². The summed E-state index contributed by atoms with van der Waals surface area (Å²) >= 11 is 0. The Morgan fingerprint density at radius 2 is 2.00 bits per heavy atom. The highest BCUT2D eigenvalue weighted by Gasteiger charge is 2.25. The molecule has 0 aromatic carbocycles. The van der Waals surface area contributed by atoms with Crippen molar-refractivity contribution in [3.05, 3.63) is 59.7 Å². The molecule has 1 amide bonds. The summed E-state index contributed by atoms with van der Waals surface area (Å²) in [6, 6.07) is 10.5. The Morgan fingerprint density at radius 1 is 1.24 bits per heavy atom. The van der Waals surface area contributed by atoms with Crippen LogP contribution in [0.1, 0.15) is 54.4 Å². The van der Waals surface area contributed by atoms with Gasteiger partial charge in [0.15, 0.2) is 0 Å². The molecule has 4 heterocycles. The van der Waals surface area contributed by atoms with Crippen molar-refractivity contribution in [3.63, 3.8) is 0 Å². The van der Waals surface area contributed by atoms with Gasteiger partial charge < -0.3 is 15.6 Å². The molecule has 2 atom stereocenters. The third-order valence-electron chi connectivity index (χ3n) is 6.48. The van der Waals surface area contributed by atoms with Crippen LogP contribution in [0, 0.1) is 6.92 Å². The molecule has 7 nitrogen and oxygen atoms in total. The normalized spacial score (nSPS) is 20.6. The molecule has 170 valence electrons. The molecular formula is C24H30BN6OP. The molecule has 3 N–H and O–H groups in total. The van der Waals surface area contributed by atoms with E-state index in [1.54, 1.807) is 12.3 Å². The van der Waals surface area contributed by atoms with Crippen LogP contribution in [0.15, 0.2) is 42.7 Å². The highest BCUT2D eigenvalue weighted by Crippen LogP contribution is 2.29. The van der Waals surface area contributed by atoms with Gasteiger partial charge in [-0.15, -0.1) is 9.24 Å². The van der Waals surface area contributed by atoms with Crippen LogP contribution < -0.4 is 10.6 Å². The Morgan fingerprint density at radius 3 is 2.76 bits per heavy atom. The largest absolute Gasteiger partial charge is 0.368 e. The molecule has 33 heavy (non-hydrogen) atoms. The van der Waals surface area contributed by atoms with Gasteiger partial charge in [-0.3, -0.25) is 9.20 Å². The zero-order chi connectivity index (χ0) is 23.2. The molecule has 1 saturated carbocycles. The number of rotatable bonds is 5. The Bertz CT molecular complexity index is 1320. The van der Waals surface area contributed by atoms with Gasteiger partial charge >= 0.3 is 0 Å². The number of fused-ring (bicyclic) bond motifs is 2. The van der Waals surface area contributed by atoms with E-state index in [1.165, 1.54) is 0 Å². The van der Waals surface area contributed by atoms with E-state index in [-0.39, 0.29) is 17.0 Å². The summed E-state index contributed by atoms with van der Waals surface area (Å²) in [6.07, 6.45) is 7.73. The smallest absolute Gasteiger partial charge is 0.252 e. The lowest BCUT2D eigenvalue weighted by atomic mass is 9.85. The number of carbonyl (C=O) groups excluding carboxylic acids is 1. The Labute approximate surface area is 196 Å². The van der Waals surface area contributed by atoms with Crippen molar-refractivity contribution in [1.82, 2.24) is 24.7 Å². The topological polar surface area (TPSA) is 87.1 Å². The molecule has 0 spiro atoms. The lowest BCUT2D eigenvalue weighted by molar-refractivity contribution is 0.0928. The number of aryl methyl sites for hydroxylation is 1. The van der Waals surface area contributed by atoms with Gasteiger partial charge in [0.2, 0.25) is 0 Å². The van der Waals surface area contributed by atoms with E-state index in [2.05, 4.69) is 61.3 Å². The summed E-state index contributed by atoms with van der Waals surface area (Å²) in [5, 5.41) is 7.77. The number of amides is 1. The summed E-state index contributed by atoms with van der Waals surface area (Å²) in [7, 11) is 5.01. The molecule has 0 bridgehead atoms. The number of pyridine rings is 2. The van der Waals surface area contributed by atoms with Crippen LogP contribution in [-0.2, 0) is 5.06 Å². The van der Waals surface area contributed by atoms with E-state index in [0.717, 1.165) is 59.6 Å². The quantitative estimate of drug-likeness (QED) is 0.315. The van der Waals surface area contributed by atoms with Gasteiger partial charge in [-0.05, 0) is 61.9 Å². The van der Waals surface area contributed by atoms with Crippen molar-refractivity contribution in [1.29, 1.82) is 0 Å². The van der Waals surface area contributed by atoms with Crippen LogP contribution in [0.4, 0.5) is 5.82 Å². The van der Waals surface area contributed by atoms with Gasteiger partial charge in [0.25, 0.3) is 5.91 Å². The van der Waals surface area contributed by atoms with E-state index < -0.39 is 0 Å². The molecule has 1 aliphatic rings. The van der Waals surface area contributed by atoms with Gasteiger partial charge in [-0.1, -0.05) is 13.0 Å². The zero-order valence-electron chi connectivity index (χ0n) is 19.4. The van der Waals surface area contributed by atoms with Crippen molar-refractivity contribution in [2.24, 2.45) is 0 Å². The molecule has 0 saturated heterocycles. The first-order valence-electron chi connectivity index (χ1n) is 11.6. The SMILES string of the molecule is BC(C)(P)c1cn2c(NC3CCC(NC(=O)c4ccnc5[nH]c(C)cc45)CC3)cccc2n1. The molecule has 9 heteroatoms. The van der Waals surface area contributed by atoms with Gasteiger partial charge in [0, 0.05) is 35.6 Å². The summed E-state index contributed by atoms with van der Waals surface area (Å²) < 4.78 is 2.14. The number of anilines is 1. The van der Waals surface area contributed by atoms with E-state index >= 15 is 0 Å². The first-order chi connectivity index (χ1) is 15.8. The van der Waals surface area contributed by atoms with Crippen molar-refractivity contribution in [2.75, 3.05) is 5.32 Å². The number of aromatic nitrogens is 4. The van der Waals surface area contributed by atoms with Crippen LogP contribution in [0.25, 0.3) is 16.7 Å². The zero-order valence-corrected chi connectivity index (χ0v) is 20.5. The average Bonchev–Trinajstić information content (AvgIpc) is 3.38. The third kappa shape index (κ3) is 4.49. The van der Waals surface area contributed by atoms with Crippen molar-refractivity contribution >= 4 is 45.5 Å². The standard InChI is InChI=1S/C24H30BN6OP/c1-14-12-18-17(10-11-26-22(18)27-14)23(32)29-16-8-6-15(7-9-16)28-20-4-3-5-21-30-19(13-31(20)21)24(2,25)33/h3-5,10-13,15-16,28H,6-9,25,33H2,1-2H3,(H,26,27)(H,29,32). The van der Waals surface area contributed by atoms with Crippen LogP contribution in [0.3, 0.4) is 0 Å². The van der Waals surface area contributed by atoms with Gasteiger partial charge in [-0.25, -0.2) is 9.97 Å². The summed E-state index contributed by atoms with van der Waals surface area (Å²) in [6.45, 7) is 4.13. The molecule has 4 aromatic rings. The molecule has 0 aliphatic heterocycles. The fourth-order valence-electron chi connectivity index (χ4n) is 4.65. The first kappa shape index (κ1) is 22.0. The third-order valence-corrected chi connectivity index (χ3v) is 6.77. The minimum Gasteiger partial charge on any atom is -0.368 e. The highest BCUT2D eigenvalue weighted by molar-refractivity contribution is 7.21. The Kier molecular flexibility index (Phi) is 5.65. The maximum absolute atomic E-state index is 13.0. The summed E-state index contributed by atoms with van der Waals surface area (Å²) in [4.78, 5) is 25.3. The maximum Gasteiger partial charge on any atom is 0.252 e. The van der Waals surface area contributed by atoms with E-state index in [9.17, 15) is 4.79 Å². The first-order valence-corrected chi connectivity index (χ1v) is 12.1. The van der Waals surface area contributed by atoms with Crippen molar-refractivity contribution in [3.8, 4) is 0 Å². The number of nitrogens with zero attached hydrogens (tertiary/aromatic N) is 3. The average molecular weight is 460 g/mol. The van der Waals surface area contributed by atoms with Crippen LogP contribution >= 0.6 is 9.24 Å². The lowest BCUT2D eigenvalue weighted by Crippen LogP contribution is -2.40. The Hall–Kier alpha value is -2.86. The molecule has 1 aliphatic carbocycles. The number of hydrogen-bond donors (Lipinski definition) is 3. The molecule has 5 rings (SSSR count). The van der Waals surface area contributed by atoms with E-state index in [4.69, 9.17) is 4.98 Å². The maximum atomic E-state index is 13.0. The lowest BCUT2D eigenvalue weighted by Gasteiger charge is -2.30. The van der Waals surface area contributed by atoms with E-state index in [1.807, 2.05) is 25.1 Å². The van der Waals surface area contributed by atoms with Crippen LogP contribution in [0.2, 0.25) is 0 Å². The number of imidazole rings is 1. The second kappa shape index (κ2) is 8.49. The minimum absolute atomic E-state index is 0.0198. The fraction of sp³-hybridized carbons (Fsp3) is 0.375. The number of nitrogens with one attached hydrogen (secondary N) is 3. The van der Waals surface area contributed by atoms with Gasteiger partial charge in [0.1, 0.15) is 25.0 Å². The second-order valence-electron chi connectivity index (χ2n) is 9.73. The number of aromatic amines is 1. The summed E-state index contributed by atoms with van der Waals surface area (Å²) in [5.74, 6) is 1.04. The van der Waals surface area contributed by atoms with Crippen molar-refractivity contribution < 1.29 is 4.79 Å². The summed E-state index contributed by atoms with van der Waals surface area (Å²) in [5.41, 5.74) is 4.45. The van der Waals surface area contributed by atoms with Gasteiger partial charge in [-0.2, -0.15) is 0 Å². The van der Waals surface area contributed by atoms with Gasteiger partial charge in [0.05, 0.1) is 11.3 Å². The van der Waals surface area contributed by atoms with Crippen LogP contribution in [0.5, 0.6) is 0 Å². The molecule has 2 unspecified atom stereocenters. The minimum atomic E-state index is -0.0704. The highest BCUT2D eigenvalue weighted by atomic mass is 31.0. The molecule has 1 fully saturated rings. The van der Waals surface area contributed by atoms with Crippen molar-refractivity contribution in [2.45, 2.75) is 56.7 Å². The molecule has 0 radical (unpaired) electrons. The number of H-pyrrole nitrogens is 1. The van der Waals surface area contributed by atoms with Crippen LogP contribution in [-0.4, -0.2) is 45.2 Å².